The third-order valence-corrected chi connectivity index (χ3v) is 3.40. The van der Waals surface area contributed by atoms with E-state index < -0.39 is 0 Å². The smallest absolute Gasteiger partial charge is 0.323 e. The zero-order valence-electron chi connectivity index (χ0n) is 12.8. The summed E-state index contributed by atoms with van der Waals surface area (Å²) in [5.74, 6) is -0.0453. The molecule has 0 spiro atoms. The second-order valence-corrected chi connectivity index (χ2v) is 6.37. The highest BCUT2D eigenvalue weighted by atomic mass is 16.6. The lowest BCUT2D eigenvalue weighted by Gasteiger charge is -2.27. The zero-order chi connectivity index (χ0) is 14.3. The van der Waals surface area contributed by atoms with Gasteiger partial charge >= 0.3 is 5.97 Å². The second-order valence-electron chi connectivity index (χ2n) is 6.37. The second kappa shape index (κ2) is 7.68. The molecule has 1 rings (SSSR count). The quantitative estimate of drug-likeness (QED) is 0.401. The molecule has 0 aromatic rings. The number of hydrogen-bond donors (Lipinski definition) is 0. The lowest BCUT2D eigenvalue weighted by atomic mass is 10.1. The van der Waals surface area contributed by atoms with Crippen LogP contribution in [-0.2, 0) is 9.53 Å². The summed E-state index contributed by atoms with van der Waals surface area (Å²) in [5, 5.41) is 0. The maximum Gasteiger partial charge on any atom is 0.323 e. The Balaban J connectivity index is 2.32. The number of hydrogen-bond acceptors (Lipinski definition) is 3. The number of unbranched alkanes of at least 4 members (excludes halogenated alkanes) is 3. The lowest BCUT2D eigenvalue weighted by molar-refractivity contribution is -0.160. The van der Waals surface area contributed by atoms with Crippen molar-refractivity contribution in [1.29, 1.82) is 0 Å². The van der Waals surface area contributed by atoms with Gasteiger partial charge in [0.1, 0.15) is 11.6 Å². The van der Waals surface area contributed by atoms with E-state index in [0.717, 1.165) is 38.8 Å². The Morgan fingerprint density at radius 3 is 2.74 bits per heavy atom. The first-order valence-corrected chi connectivity index (χ1v) is 7.52. The Labute approximate surface area is 118 Å². The van der Waals surface area contributed by atoms with Gasteiger partial charge in [0.25, 0.3) is 0 Å². The molecule has 110 valence electrons. The monoisotopic (exact) mass is 267 g/mol. The van der Waals surface area contributed by atoms with Crippen molar-refractivity contribution >= 4 is 5.97 Å². The van der Waals surface area contributed by atoms with Crippen molar-refractivity contribution in [3.63, 3.8) is 0 Å². The van der Waals surface area contributed by atoms with E-state index in [0.29, 0.717) is 0 Å². The average molecular weight is 267 g/mol. The minimum atomic E-state index is -0.380. The number of allylic oxidation sites excluding steroid dienone is 1. The van der Waals surface area contributed by atoms with Crippen LogP contribution < -0.4 is 0 Å². The van der Waals surface area contributed by atoms with Crippen LogP contribution in [0.1, 0.15) is 59.3 Å². The SMILES string of the molecule is C=CCCCCCN1CCC[C@H]1C(=O)OC(C)(C)C. The van der Waals surface area contributed by atoms with Crippen LogP contribution in [0.25, 0.3) is 0 Å². The van der Waals surface area contributed by atoms with E-state index >= 15 is 0 Å². The van der Waals surface area contributed by atoms with Crippen molar-refractivity contribution in [1.82, 2.24) is 4.90 Å². The standard InChI is InChI=1S/C16H29NO2/c1-5-6-7-8-9-12-17-13-10-11-14(17)15(18)19-16(2,3)4/h5,14H,1,6-13H2,2-4H3/t14-/m0/s1. The zero-order valence-corrected chi connectivity index (χ0v) is 12.8. The van der Waals surface area contributed by atoms with Crippen molar-refractivity contribution in [2.45, 2.75) is 70.9 Å². The summed E-state index contributed by atoms with van der Waals surface area (Å²) in [6.45, 7) is 11.6. The molecule has 1 fully saturated rings. The van der Waals surface area contributed by atoms with Crippen molar-refractivity contribution in [2.75, 3.05) is 13.1 Å². The Hall–Kier alpha value is -0.830. The molecule has 0 bridgehead atoms. The van der Waals surface area contributed by atoms with Gasteiger partial charge in [-0.25, -0.2) is 0 Å². The van der Waals surface area contributed by atoms with Gasteiger partial charge in [-0.05, 0) is 66.0 Å². The normalized spacial score (nSPS) is 20.5. The number of rotatable bonds is 7. The van der Waals surface area contributed by atoms with Crippen LogP contribution >= 0.6 is 0 Å². The number of carbonyl (C=O) groups excluding carboxylic acids is 1. The van der Waals surface area contributed by atoms with Gasteiger partial charge in [0.15, 0.2) is 0 Å². The molecule has 0 N–H and O–H groups in total. The minimum Gasteiger partial charge on any atom is -0.459 e. The van der Waals surface area contributed by atoms with E-state index in [9.17, 15) is 4.79 Å². The van der Waals surface area contributed by atoms with Crippen LogP contribution in [0.2, 0.25) is 0 Å². The summed E-state index contributed by atoms with van der Waals surface area (Å²) in [7, 11) is 0. The molecule has 1 atom stereocenters. The molecule has 0 amide bonds. The van der Waals surface area contributed by atoms with Gasteiger partial charge in [-0.3, -0.25) is 9.69 Å². The van der Waals surface area contributed by atoms with Gasteiger partial charge in [-0.1, -0.05) is 12.5 Å². The Bertz CT molecular complexity index is 294. The molecule has 0 saturated carbocycles. The Kier molecular flexibility index (Phi) is 6.56. The van der Waals surface area contributed by atoms with Crippen molar-refractivity contribution in [2.24, 2.45) is 0 Å². The number of carbonyl (C=O) groups is 1. The van der Waals surface area contributed by atoms with Crippen LogP contribution in [0.4, 0.5) is 0 Å². The molecule has 1 heterocycles. The maximum absolute atomic E-state index is 12.1. The van der Waals surface area contributed by atoms with Gasteiger partial charge in [0.2, 0.25) is 0 Å². The van der Waals surface area contributed by atoms with E-state index in [4.69, 9.17) is 4.74 Å². The highest BCUT2D eigenvalue weighted by Crippen LogP contribution is 2.21. The minimum absolute atomic E-state index is 0.0152. The van der Waals surface area contributed by atoms with Gasteiger partial charge < -0.3 is 4.74 Å². The van der Waals surface area contributed by atoms with E-state index in [-0.39, 0.29) is 17.6 Å². The Morgan fingerprint density at radius 1 is 1.37 bits per heavy atom. The molecule has 0 radical (unpaired) electrons. The fourth-order valence-corrected chi connectivity index (χ4v) is 2.51. The molecular formula is C16H29NO2. The summed E-state index contributed by atoms with van der Waals surface area (Å²) in [6.07, 6.45) is 8.69. The molecule has 1 aliphatic rings. The summed E-state index contributed by atoms with van der Waals surface area (Å²) >= 11 is 0. The topological polar surface area (TPSA) is 29.5 Å². The van der Waals surface area contributed by atoms with E-state index in [1.165, 1.54) is 12.8 Å². The van der Waals surface area contributed by atoms with Crippen LogP contribution in [0.5, 0.6) is 0 Å². The van der Waals surface area contributed by atoms with Crippen LogP contribution in [0.15, 0.2) is 12.7 Å². The van der Waals surface area contributed by atoms with Gasteiger partial charge in [-0.15, -0.1) is 6.58 Å². The molecule has 3 heteroatoms. The van der Waals surface area contributed by atoms with Gasteiger partial charge in [0, 0.05) is 0 Å². The molecule has 0 aromatic heterocycles. The number of nitrogens with zero attached hydrogens (tertiary/aromatic N) is 1. The fraction of sp³-hybridized carbons (Fsp3) is 0.812. The highest BCUT2D eigenvalue weighted by Gasteiger charge is 2.33. The predicted molar refractivity (Wildman–Crippen MR) is 79.1 cm³/mol. The molecule has 1 saturated heterocycles. The van der Waals surface area contributed by atoms with Crippen LogP contribution in [0.3, 0.4) is 0 Å². The first kappa shape index (κ1) is 16.2. The van der Waals surface area contributed by atoms with Crippen molar-refractivity contribution in [3.05, 3.63) is 12.7 Å². The predicted octanol–water partition coefficient (Wildman–Crippen LogP) is 3.54. The maximum atomic E-state index is 12.1. The largest absolute Gasteiger partial charge is 0.459 e. The van der Waals surface area contributed by atoms with E-state index in [1.54, 1.807) is 0 Å². The Morgan fingerprint density at radius 2 is 2.11 bits per heavy atom. The number of likely N-dealkylation sites (tertiary alicyclic amines) is 1. The first-order chi connectivity index (χ1) is 8.94. The van der Waals surface area contributed by atoms with Crippen molar-refractivity contribution in [3.8, 4) is 0 Å². The van der Waals surface area contributed by atoms with Gasteiger partial charge in [-0.2, -0.15) is 0 Å². The fourth-order valence-electron chi connectivity index (χ4n) is 2.51. The average Bonchev–Trinajstić information content (AvgIpc) is 2.75. The number of esters is 1. The third-order valence-electron chi connectivity index (χ3n) is 3.40. The highest BCUT2D eigenvalue weighted by molar-refractivity contribution is 5.76. The molecule has 3 nitrogen and oxygen atoms in total. The molecule has 0 aromatic carbocycles. The van der Waals surface area contributed by atoms with E-state index in [2.05, 4.69) is 11.5 Å². The number of ether oxygens (including phenoxy) is 1. The third kappa shape index (κ3) is 6.24. The molecule has 1 aliphatic heterocycles. The lowest BCUT2D eigenvalue weighted by Crippen LogP contribution is -2.40. The molecular weight excluding hydrogens is 238 g/mol. The van der Waals surface area contributed by atoms with Crippen LogP contribution in [0, 0.1) is 0 Å². The molecule has 0 aliphatic carbocycles. The summed E-state index contributed by atoms with van der Waals surface area (Å²) < 4.78 is 5.50. The molecule has 0 unspecified atom stereocenters. The van der Waals surface area contributed by atoms with Crippen molar-refractivity contribution < 1.29 is 9.53 Å². The molecule has 19 heavy (non-hydrogen) atoms. The van der Waals surface area contributed by atoms with Gasteiger partial charge in [0.05, 0.1) is 0 Å². The van der Waals surface area contributed by atoms with E-state index in [1.807, 2.05) is 26.8 Å². The summed E-state index contributed by atoms with van der Waals surface area (Å²) in [5.41, 5.74) is -0.380. The first-order valence-electron chi connectivity index (χ1n) is 7.52. The van der Waals surface area contributed by atoms with Crippen LogP contribution in [-0.4, -0.2) is 35.6 Å². The summed E-state index contributed by atoms with van der Waals surface area (Å²) in [6, 6.07) is -0.0152. The summed E-state index contributed by atoms with van der Waals surface area (Å²) in [4.78, 5) is 14.4.